The quantitative estimate of drug-likeness (QED) is 0.908. The molecule has 3 nitrogen and oxygen atoms in total. The molecule has 0 saturated carbocycles. The molecule has 1 aromatic carbocycles. The molecule has 0 saturated heterocycles. The molecule has 1 aliphatic rings. The predicted molar refractivity (Wildman–Crippen MR) is 85.0 cm³/mol. The average Bonchev–Trinajstić information content (AvgIpc) is 2.85. The largest absolute Gasteiger partial charge is 0.375 e. The summed E-state index contributed by atoms with van der Waals surface area (Å²) >= 11 is 1.65. The molecule has 0 amide bonds. The van der Waals surface area contributed by atoms with E-state index in [0.29, 0.717) is 5.13 Å². The van der Waals surface area contributed by atoms with Gasteiger partial charge in [-0.25, -0.2) is 4.98 Å². The van der Waals surface area contributed by atoms with Gasteiger partial charge in [0.25, 0.3) is 0 Å². The van der Waals surface area contributed by atoms with Gasteiger partial charge in [0, 0.05) is 16.8 Å². The number of nitrogens with one attached hydrogen (secondary N) is 1. The number of nitrogens with two attached hydrogens (primary N) is 1. The highest BCUT2D eigenvalue weighted by atomic mass is 32.1. The van der Waals surface area contributed by atoms with Gasteiger partial charge in [-0.05, 0) is 31.4 Å². The van der Waals surface area contributed by atoms with Gasteiger partial charge in [-0.1, -0.05) is 37.3 Å². The van der Waals surface area contributed by atoms with E-state index in [1.165, 1.54) is 16.1 Å². The van der Waals surface area contributed by atoms with Crippen molar-refractivity contribution in [2.24, 2.45) is 0 Å². The SMILES string of the molecule is CCCNC1(c2ccccc2)CCc2sc(N)nc2C1. The Bertz CT molecular complexity index is 579. The third-order valence-corrected chi connectivity index (χ3v) is 5.07. The maximum Gasteiger partial charge on any atom is 0.180 e. The number of benzene rings is 1. The Morgan fingerprint density at radius 2 is 2.15 bits per heavy atom. The summed E-state index contributed by atoms with van der Waals surface area (Å²) in [5.41, 5.74) is 8.44. The van der Waals surface area contributed by atoms with Crippen molar-refractivity contribution >= 4 is 16.5 Å². The zero-order valence-electron chi connectivity index (χ0n) is 11.9. The lowest BCUT2D eigenvalue weighted by Crippen LogP contribution is -2.47. The van der Waals surface area contributed by atoms with Crippen LogP contribution in [0.1, 0.15) is 35.9 Å². The Labute approximate surface area is 124 Å². The summed E-state index contributed by atoms with van der Waals surface area (Å²) < 4.78 is 0. The van der Waals surface area contributed by atoms with E-state index in [2.05, 4.69) is 47.6 Å². The van der Waals surface area contributed by atoms with Gasteiger partial charge in [0.15, 0.2) is 5.13 Å². The normalized spacial score (nSPS) is 21.6. The third-order valence-electron chi connectivity index (χ3n) is 4.08. The topological polar surface area (TPSA) is 50.9 Å². The second-order valence-electron chi connectivity index (χ2n) is 5.47. The van der Waals surface area contributed by atoms with E-state index in [9.17, 15) is 0 Å². The van der Waals surface area contributed by atoms with Crippen molar-refractivity contribution in [1.29, 1.82) is 0 Å². The molecular formula is C16H21N3S. The minimum Gasteiger partial charge on any atom is -0.375 e. The molecule has 3 N–H and O–H groups in total. The fourth-order valence-electron chi connectivity index (χ4n) is 3.06. The van der Waals surface area contributed by atoms with Crippen LogP contribution in [0.3, 0.4) is 0 Å². The highest BCUT2D eigenvalue weighted by molar-refractivity contribution is 7.15. The number of nitrogens with zero attached hydrogens (tertiary/aromatic N) is 1. The van der Waals surface area contributed by atoms with Gasteiger partial charge in [0.1, 0.15) is 0 Å². The van der Waals surface area contributed by atoms with E-state index < -0.39 is 0 Å². The van der Waals surface area contributed by atoms with Crippen molar-refractivity contribution in [1.82, 2.24) is 10.3 Å². The number of anilines is 1. The van der Waals surface area contributed by atoms with Crippen LogP contribution < -0.4 is 11.1 Å². The summed E-state index contributed by atoms with van der Waals surface area (Å²) in [5, 5.41) is 4.48. The molecule has 1 aromatic heterocycles. The van der Waals surface area contributed by atoms with Crippen LogP contribution in [-0.2, 0) is 18.4 Å². The molecular weight excluding hydrogens is 266 g/mol. The summed E-state index contributed by atoms with van der Waals surface area (Å²) in [6.45, 7) is 3.24. The molecule has 106 valence electrons. The Morgan fingerprint density at radius 3 is 2.90 bits per heavy atom. The number of rotatable bonds is 4. The van der Waals surface area contributed by atoms with Crippen molar-refractivity contribution < 1.29 is 0 Å². The monoisotopic (exact) mass is 287 g/mol. The van der Waals surface area contributed by atoms with Crippen LogP contribution in [-0.4, -0.2) is 11.5 Å². The fourth-order valence-corrected chi connectivity index (χ4v) is 3.91. The number of fused-ring (bicyclic) bond motifs is 1. The van der Waals surface area contributed by atoms with E-state index in [1.54, 1.807) is 11.3 Å². The van der Waals surface area contributed by atoms with Crippen LogP contribution in [0.15, 0.2) is 30.3 Å². The number of hydrogen-bond acceptors (Lipinski definition) is 4. The summed E-state index contributed by atoms with van der Waals surface area (Å²) in [7, 11) is 0. The number of aromatic nitrogens is 1. The Balaban J connectivity index is 1.96. The summed E-state index contributed by atoms with van der Waals surface area (Å²) in [6.07, 6.45) is 4.27. The van der Waals surface area contributed by atoms with E-state index in [1.807, 2.05) is 0 Å². The van der Waals surface area contributed by atoms with Crippen LogP contribution in [0.25, 0.3) is 0 Å². The first-order valence-corrected chi connectivity index (χ1v) is 8.10. The summed E-state index contributed by atoms with van der Waals surface area (Å²) in [6, 6.07) is 10.8. The zero-order chi connectivity index (χ0) is 14.0. The van der Waals surface area contributed by atoms with Gasteiger partial charge in [-0.2, -0.15) is 0 Å². The van der Waals surface area contributed by atoms with Crippen LogP contribution in [0, 0.1) is 0 Å². The molecule has 1 heterocycles. The molecule has 2 aromatic rings. The van der Waals surface area contributed by atoms with Gasteiger partial charge in [0.05, 0.1) is 5.69 Å². The van der Waals surface area contributed by atoms with E-state index in [-0.39, 0.29) is 5.54 Å². The Kier molecular flexibility index (Phi) is 3.76. The third kappa shape index (κ3) is 2.45. The number of nitrogen functional groups attached to an aromatic ring is 1. The van der Waals surface area contributed by atoms with E-state index in [4.69, 9.17) is 5.73 Å². The first-order valence-electron chi connectivity index (χ1n) is 7.28. The number of aryl methyl sites for hydroxylation is 1. The fraction of sp³-hybridized carbons (Fsp3) is 0.438. The Hall–Kier alpha value is -1.39. The predicted octanol–water partition coefficient (Wildman–Crippen LogP) is 3.11. The van der Waals surface area contributed by atoms with Gasteiger partial charge in [-0.3, -0.25) is 0 Å². The second kappa shape index (κ2) is 5.54. The average molecular weight is 287 g/mol. The van der Waals surface area contributed by atoms with Gasteiger partial charge < -0.3 is 11.1 Å². The van der Waals surface area contributed by atoms with Crippen molar-refractivity contribution in [3.05, 3.63) is 46.5 Å². The summed E-state index contributed by atoms with van der Waals surface area (Å²) in [5.74, 6) is 0. The zero-order valence-corrected chi connectivity index (χ0v) is 12.7. The maximum atomic E-state index is 5.87. The van der Waals surface area contributed by atoms with Crippen LogP contribution in [0.5, 0.6) is 0 Å². The lowest BCUT2D eigenvalue weighted by molar-refractivity contribution is 0.291. The van der Waals surface area contributed by atoms with E-state index in [0.717, 1.165) is 32.2 Å². The highest BCUT2D eigenvalue weighted by Crippen LogP contribution is 2.38. The molecule has 1 aliphatic carbocycles. The smallest absolute Gasteiger partial charge is 0.180 e. The molecule has 0 spiro atoms. The lowest BCUT2D eigenvalue weighted by Gasteiger charge is -2.38. The number of hydrogen-bond donors (Lipinski definition) is 2. The molecule has 1 unspecified atom stereocenters. The van der Waals surface area contributed by atoms with Crippen molar-refractivity contribution in [3.8, 4) is 0 Å². The van der Waals surface area contributed by atoms with Crippen molar-refractivity contribution in [2.45, 2.75) is 38.1 Å². The van der Waals surface area contributed by atoms with Gasteiger partial charge >= 0.3 is 0 Å². The first-order chi connectivity index (χ1) is 9.73. The first kappa shape index (κ1) is 13.6. The maximum absolute atomic E-state index is 5.87. The second-order valence-corrected chi connectivity index (χ2v) is 6.59. The van der Waals surface area contributed by atoms with Gasteiger partial charge in [0.2, 0.25) is 0 Å². The van der Waals surface area contributed by atoms with E-state index >= 15 is 0 Å². The van der Waals surface area contributed by atoms with Gasteiger partial charge in [-0.15, -0.1) is 11.3 Å². The molecule has 3 rings (SSSR count). The molecule has 20 heavy (non-hydrogen) atoms. The van der Waals surface area contributed by atoms with Crippen LogP contribution >= 0.6 is 11.3 Å². The highest BCUT2D eigenvalue weighted by Gasteiger charge is 2.37. The molecule has 0 aliphatic heterocycles. The van der Waals surface area contributed by atoms with Crippen molar-refractivity contribution in [3.63, 3.8) is 0 Å². The summed E-state index contributed by atoms with van der Waals surface area (Å²) in [4.78, 5) is 5.90. The standard InChI is InChI=1S/C16H21N3S/c1-2-10-18-16(12-6-4-3-5-7-12)9-8-14-13(11-16)19-15(17)20-14/h3-7,18H,2,8-11H2,1H3,(H2,17,19). The van der Waals surface area contributed by atoms with Crippen molar-refractivity contribution in [2.75, 3.05) is 12.3 Å². The molecule has 4 heteroatoms. The Morgan fingerprint density at radius 1 is 1.35 bits per heavy atom. The molecule has 0 radical (unpaired) electrons. The minimum absolute atomic E-state index is 0.0186. The molecule has 1 atom stereocenters. The minimum atomic E-state index is 0.0186. The number of thiazole rings is 1. The van der Waals surface area contributed by atoms with Crippen LogP contribution in [0.4, 0.5) is 5.13 Å². The van der Waals surface area contributed by atoms with Crippen LogP contribution in [0.2, 0.25) is 0 Å². The molecule has 0 bridgehead atoms. The lowest BCUT2D eigenvalue weighted by atomic mass is 9.77. The molecule has 0 fully saturated rings.